The molecule has 1 aliphatic heterocycles. The Morgan fingerprint density at radius 1 is 1.17 bits per heavy atom. The Morgan fingerprint density at radius 3 is 2.50 bits per heavy atom. The molecule has 0 fully saturated rings. The molecule has 1 aromatic carbocycles. The molecule has 0 N–H and O–H groups in total. The fourth-order valence-electron chi connectivity index (χ4n) is 3.12. The minimum atomic E-state index is -0.477. The van der Waals surface area contributed by atoms with E-state index in [-0.39, 0.29) is 6.09 Å². The summed E-state index contributed by atoms with van der Waals surface area (Å²) in [4.78, 5) is 14.7. The lowest BCUT2D eigenvalue weighted by atomic mass is 9.98. The summed E-state index contributed by atoms with van der Waals surface area (Å²) in [5.41, 5.74) is 3.12. The van der Waals surface area contributed by atoms with Crippen molar-refractivity contribution in [1.29, 1.82) is 0 Å². The normalized spacial score (nSPS) is 16.1. The largest absolute Gasteiger partial charge is 0.443 e. The standard InChI is InChI=1S/C21H31NO2/c1-5-6-12-17-15-10-11-16-22(20(23)24-21(2,3)4)19(17)18-13-8-7-9-14-18/h7-9,13-14H,5-6,10-12,15-16H2,1-4H3. The molecule has 0 spiro atoms. The molecule has 24 heavy (non-hydrogen) atoms. The number of rotatable bonds is 4. The van der Waals surface area contributed by atoms with Gasteiger partial charge in [-0.2, -0.15) is 0 Å². The predicted molar refractivity (Wildman–Crippen MR) is 99.7 cm³/mol. The lowest BCUT2D eigenvalue weighted by Gasteiger charge is -2.30. The van der Waals surface area contributed by atoms with Crippen LogP contribution in [0.15, 0.2) is 35.9 Å². The monoisotopic (exact) mass is 329 g/mol. The SMILES string of the molecule is CCCCC1=C(c2ccccc2)N(C(=O)OC(C)(C)C)CCCC1. The average Bonchev–Trinajstić information content (AvgIpc) is 2.74. The topological polar surface area (TPSA) is 29.5 Å². The molecule has 1 aromatic rings. The van der Waals surface area contributed by atoms with Gasteiger partial charge in [0.25, 0.3) is 0 Å². The van der Waals surface area contributed by atoms with Crippen LogP contribution in [0.3, 0.4) is 0 Å². The molecule has 3 heteroatoms. The Hall–Kier alpha value is -1.77. The number of nitrogens with zero attached hydrogens (tertiary/aromatic N) is 1. The Labute approximate surface area is 146 Å². The minimum Gasteiger partial charge on any atom is -0.443 e. The highest BCUT2D eigenvalue weighted by atomic mass is 16.6. The first-order chi connectivity index (χ1) is 11.4. The van der Waals surface area contributed by atoms with Crippen LogP contribution in [0.25, 0.3) is 5.70 Å². The van der Waals surface area contributed by atoms with E-state index in [1.54, 1.807) is 0 Å². The van der Waals surface area contributed by atoms with Crippen LogP contribution in [-0.2, 0) is 4.74 Å². The molecule has 132 valence electrons. The van der Waals surface area contributed by atoms with E-state index in [9.17, 15) is 4.79 Å². The van der Waals surface area contributed by atoms with Gasteiger partial charge in [0.15, 0.2) is 0 Å². The van der Waals surface area contributed by atoms with Crippen LogP contribution in [0.1, 0.15) is 71.8 Å². The third-order valence-corrected chi connectivity index (χ3v) is 4.21. The van der Waals surface area contributed by atoms with Crippen LogP contribution < -0.4 is 0 Å². The number of ether oxygens (including phenoxy) is 1. The molecule has 1 aliphatic rings. The molecule has 0 atom stereocenters. The van der Waals surface area contributed by atoms with Crippen molar-refractivity contribution >= 4 is 11.8 Å². The first kappa shape index (κ1) is 18.6. The number of hydrogen-bond donors (Lipinski definition) is 0. The van der Waals surface area contributed by atoms with Crippen molar-refractivity contribution in [1.82, 2.24) is 4.90 Å². The Balaban J connectivity index is 2.42. The van der Waals surface area contributed by atoms with Gasteiger partial charge in [-0.3, -0.25) is 4.90 Å². The van der Waals surface area contributed by atoms with Crippen LogP contribution in [0.4, 0.5) is 4.79 Å². The lowest BCUT2D eigenvalue weighted by Crippen LogP contribution is -2.36. The molecule has 0 saturated carbocycles. The van der Waals surface area contributed by atoms with E-state index in [1.165, 1.54) is 5.57 Å². The first-order valence-corrected chi connectivity index (χ1v) is 9.20. The highest BCUT2D eigenvalue weighted by Gasteiger charge is 2.28. The first-order valence-electron chi connectivity index (χ1n) is 9.20. The van der Waals surface area contributed by atoms with Crippen molar-refractivity contribution < 1.29 is 9.53 Å². The van der Waals surface area contributed by atoms with E-state index in [4.69, 9.17) is 4.74 Å². The smallest absolute Gasteiger partial charge is 0.414 e. The second kappa shape index (κ2) is 8.36. The van der Waals surface area contributed by atoms with Crippen molar-refractivity contribution in [3.8, 4) is 0 Å². The zero-order valence-corrected chi connectivity index (χ0v) is 15.6. The van der Waals surface area contributed by atoms with Crippen molar-refractivity contribution in [2.45, 2.75) is 71.8 Å². The number of unbranched alkanes of at least 4 members (excludes halogenated alkanes) is 1. The van der Waals surface area contributed by atoms with Gasteiger partial charge in [0, 0.05) is 6.54 Å². The van der Waals surface area contributed by atoms with E-state index in [0.29, 0.717) is 0 Å². The van der Waals surface area contributed by atoms with E-state index in [0.717, 1.165) is 56.3 Å². The molecule has 0 aromatic heterocycles. The maximum absolute atomic E-state index is 12.8. The number of allylic oxidation sites excluding steroid dienone is 1. The van der Waals surface area contributed by atoms with Gasteiger partial charge < -0.3 is 4.74 Å². The fourth-order valence-corrected chi connectivity index (χ4v) is 3.12. The molecule has 1 heterocycles. The summed E-state index contributed by atoms with van der Waals surface area (Å²) < 4.78 is 5.69. The summed E-state index contributed by atoms with van der Waals surface area (Å²) in [6, 6.07) is 10.3. The number of carbonyl (C=O) groups excluding carboxylic acids is 1. The van der Waals surface area contributed by atoms with Crippen LogP contribution in [-0.4, -0.2) is 23.1 Å². The molecule has 3 nitrogen and oxygen atoms in total. The summed E-state index contributed by atoms with van der Waals surface area (Å²) in [6.45, 7) is 8.71. The van der Waals surface area contributed by atoms with Crippen molar-refractivity contribution in [3.05, 3.63) is 41.5 Å². The summed E-state index contributed by atoms with van der Waals surface area (Å²) in [6.07, 6.45) is 6.38. The van der Waals surface area contributed by atoms with Gasteiger partial charge in [-0.1, -0.05) is 43.7 Å². The van der Waals surface area contributed by atoms with Gasteiger partial charge >= 0.3 is 6.09 Å². The van der Waals surface area contributed by atoms with E-state index in [2.05, 4.69) is 19.1 Å². The Bertz CT molecular complexity index is 569. The van der Waals surface area contributed by atoms with Gasteiger partial charge in [0.1, 0.15) is 5.60 Å². The number of carbonyl (C=O) groups is 1. The van der Waals surface area contributed by atoms with Crippen LogP contribution >= 0.6 is 0 Å². The fraction of sp³-hybridized carbons (Fsp3) is 0.571. The number of amides is 1. The average molecular weight is 329 g/mol. The lowest BCUT2D eigenvalue weighted by molar-refractivity contribution is 0.0353. The quantitative estimate of drug-likeness (QED) is 0.677. The van der Waals surface area contributed by atoms with Crippen molar-refractivity contribution in [2.75, 3.05) is 6.54 Å². The second-order valence-corrected chi connectivity index (χ2v) is 7.51. The molecular weight excluding hydrogens is 298 g/mol. The van der Waals surface area contributed by atoms with Crippen LogP contribution in [0, 0.1) is 0 Å². The third-order valence-electron chi connectivity index (χ3n) is 4.21. The Morgan fingerprint density at radius 2 is 1.88 bits per heavy atom. The summed E-state index contributed by atoms with van der Waals surface area (Å²) in [7, 11) is 0. The molecule has 1 amide bonds. The highest BCUT2D eigenvalue weighted by Crippen LogP contribution is 2.33. The zero-order valence-electron chi connectivity index (χ0n) is 15.6. The van der Waals surface area contributed by atoms with Crippen molar-refractivity contribution in [3.63, 3.8) is 0 Å². The zero-order chi connectivity index (χ0) is 17.6. The molecule has 0 saturated heterocycles. The van der Waals surface area contributed by atoms with Gasteiger partial charge in [-0.15, -0.1) is 0 Å². The maximum atomic E-state index is 12.8. The van der Waals surface area contributed by atoms with E-state index in [1.807, 2.05) is 43.9 Å². The molecular formula is C21H31NO2. The Kier molecular flexibility index (Phi) is 6.47. The van der Waals surface area contributed by atoms with Crippen LogP contribution in [0.2, 0.25) is 0 Å². The highest BCUT2D eigenvalue weighted by molar-refractivity contribution is 5.83. The van der Waals surface area contributed by atoms with E-state index >= 15 is 0 Å². The molecule has 0 unspecified atom stereocenters. The molecule has 0 radical (unpaired) electrons. The number of hydrogen-bond acceptors (Lipinski definition) is 2. The second-order valence-electron chi connectivity index (χ2n) is 7.51. The van der Waals surface area contributed by atoms with Gasteiger partial charge in [-0.25, -0.2) is 4.79 Å². The third kappa shape index (κ3) is 5.12. The van der Waals surface area contributed by atoms with Crippen molar-refractivity contribution in [2.24, 2.45) is 0 Å². The number of benzene rings is 1. The molecule has 2 rings (SSSR count). The maximum Gasteiger partial charge on any atom is 0.414 e. The van der Waals surface area contributed by atoms with Gasteiger partial charge in [0.2, 0.25) is 0 Å². The van der Waals surface area contributed by atoms with Crippen LogP contribution in [0.5, 0.6) is 0 Å². The predicted octanol–water partition coefficient (Wildman–Crippen LogP) is 6.01. The molecule has 0 bridgehead atoms. The van der Waals surface area contributed by atoms with E-state index < -0.39 is 5.60 Å². The molecule has 0 aliphatic carbocycles. The van der Waals surface area contributed by atoms with Gasteiger partial charge in [-0.05, 0) is 64.0 Å². The minimum absolute atomic E-state index is 0.225. The summed E-state index contributed by atoms with van der Waals surface area (Å²) in [5.74, 6) is 0. The summed E-state index contributed by atoms with van der Waals surface area (Å²) >= 11 is 0. The summed E-state index contributed by atoms with van der Waals surface area (Å²) in [5, 5.41) is 0. The van der Waals surface area contributed by atoms with Gasteiger partial charge in [0.05, 0.1) is 5.70 Å².